The third-order valence-electron chi connectivity index (χ3n) is 5.99. The van der Waals surface area contributed by atoms with Crippen LogP contribution in [0.25, 0.3) is 21.0 Å². The molecule has 3 saturated heterocycles. The van der Waals surface area contributed by atoms with Crippen LogP contribution in [0, 0.1) is 5.92 Å². The van der Waals surface area contributed by atoms with E-state index in [4.69, 9.17) is 16.3 Å². The first kappa shape index (κ1) is 18.8. The van der Waals surface area contributed by atoms with Gasteiger partial charge < -0.3 is 9.64 Å². The molecule has 3 fully saturated rings. The molecule has 29 heavy (non-hydrogen) atoms. The molecule has 6 rings (SSSR count). The number of carbonyl (C=O) groups is 1. The summed E-state index contributed by atoms with van der Waals surface area (Å²) >= 11 is 7.91. The summed E-state index contributed by atoms with van der Waals surface area (Å²) < 4.78 is 6.82. The van der Waals surface area contributed by atoms with E-state index in [0.29, 0.717) is 22.5 Å². The van der Waals surface area contributed by atoms with Crippen molar-refractivity contribution in [3.63, 3.8) is 0 Å². The molecule has 0 saturated carbocycles. The first-order chi connectivity index (χ1) is 14.1. The first-order valence-corrected chi connectivity index (χ1v) is 10.9. The summed E-state index contributed by atoms with van der Waals surface area (Å²) in [5, 5.41) is 9.27. The van der Waals surface area contributed by atoms with E-state index in [1.165, 1.54) is 33.0 Å². The zero-order chi connectivity index (χ0) is 20.0. The second-order valence-electron chi connectivity index (χ2n) is 7.64. The number of halogens is 1. The zero-order valence-corrected chi connectivity index (χ0v) is 17.6. The van der Waals surface area contributed by atoms with E-state index in [0.717, 1.165) is 27.6 Å². The molecule has 0 aliphatic carbocycles. The lowest BCUT2D eigenvalue weighted by Gasteiger charge is -2.44. The van der Waals surface area contributed by atoms with Gasteiger partial charge in [0, 0.05) is 11.4 Å². The van der Waals surface area contributed by atoms with Gasteiger partial charge in [0.25, 0.3) is 0 Å². The van der Waals surface area contributed by atoms with Gasteiger partial charge in [-0.25, -0.2) is 9.48 Å². The van der Waals surface area contributed by atoms with E-state index in [9.17, 15) is 4.79 Å². The third-order valence-corrected chi connectivity index (χ3v) is 7.46. The van der Waals surface area contributed by atoms with E-state index >= 15 is 0 Å². The first-order valence-electron chi connectivity index (χ1n) is 9.75. The minimum atomic E-state index is -0.433. The molecule has 2 aromatic heterocycles. The molecule has 6 nitrogen and oxygen atoms in total. The summed E-state index contributed by atoms with van der Waals surface area (Å²) in [7, 11) is 1.35. The zero-order valence-electron chi connectivity index (χ0n) is 16.0. The van der Waals surface area contributed by atoms with Gasteiger partial charge in [-0.2, -0.15) is 0 Å². The number of carbonyl (C=O) groups excluding carboxylic acids is 1. The standard InChI is InChI=1S/C21H21ClN4O2S/c1-28-21(27)15-3-2-14(10-16(15)22)19-4-5-20(29-19)17-11-26(24-23-17)18-12-25-8-6-13(18)7-9-25/h2-5,10-11,13,18H,6-9,12H2,1H3. The van der Waals surface area contributed by atoms with Gasteiger partial charge in [0.1, 0.15) is 5.69 Å². The quantitative estimate of drug-likeness (QED) is 0.577. The Morgan fingerprint density at radius 3 is 2.69 bits per heavy atom. The third kappa shape index (κ3) is 3.47. The van der Waals surface area contributed by atoms with Gasteiger partial charge in [-0.1, -0.05) is 22.9 Å². The summed E-state index contributed by atoms with van der Waals surface area (Å²) in [5.41, 5.74) is 2.23. The predicted octanol–water partition coefficient (Wildman–Crippen LogP) is 4.38. The highest BCUT2D eigenvalue weighted by molar-refractivity contribution is 7.18. The van der Waals surface area contributed by atoms with Crippen LogP contribution in [0.1, 0.15) is 29.2 Å². The van der Waals surface area contributed by atoms with Crippen molar-refractivity contribution in [2.24, 2.45) is 5.92 Å². The Morgan fingerprint density at radius 1 is 1.21 bits per heavy atom. The van der Waals surface area contributed by atoms with Crippen LogP contribution in [0.3, 0.4) is 0 Å². The summed E-state index contributed by atoms with van der Waals surface area (Å²) in [6.45, 7) is 3.51. The van der Waals surface area contributed by atoms with Crippen molar-refractivity contribution in [3.8, 4) is 21.0 Å². The largest absolute Gasteiger partial charge is 0.465 e. The fourth-order valence-electron chi connectivity index (χ4n) is 4.36. The smallest absolute Gasteiger partial charge is 0.339 e. The number of fused-ring (bicyclic) bond motifs is 3. The number of benzene rings is 1. The lowest BCUT2D eigenvalue weighted by Crippen LogP contribution is -2.48. The topological polar surface area (TPSA) is 60.2 Å². The molecule has 0 N–H and O–H groups in total. The maximum Gasteiger partial charge on any atom is 0.339 e. The van der Waals surface area contributed by atoms with Crippen molar-refractivity contribution in [1.29, 1.82) is 0 Å². The molecule has 1 aromatic carbocycles. The van der Waals surface area contributed by atoms with Gasteiger partial charge in [0.2, 0.25) is 0 Å². The molecule has 1 atom stereocenters. The van der Waals surface area contributed by atoms with Crippen LogP contribution >= 0.6 is 22.9 Å². The Kier molecular flexibility index (Phi) is 4.89. The average molecular weight is 429 g/mol. The minimum absolute atomic E-state index is 0.371. The van der Waals surface area contributed by atoms with E-state index in [1.807, 2.05) is 6.07 Å². The highest BCUT2D eigenvalue weighted by atomic mass is 35.5. The van der Waals surface area contributed by atoms with E-state index in [-0.39, 0.29) is 0 Å². The van der Waals surface area contributed by atoms with Gasteiger partial charge >= 0.3 is 5.97 Å². The highest BCUT2D eigenvalue weighted by Gasteiger charge is 2.35. The summed E-state index contributed by atoms with van der Waals surface area (Å²) in [5.74, 6) is 0.279. The molecule has 3 aliphatic heterocycles. The van der Waals surface area contributed by atoms with Crippen molar-refractivity contribution in [2.75, 3.05) is 26.7 Å². The van der Waals surface area contributed by atoms with Crippen LogP contribution in [-0.2, 0) is 4.74 Å². The lowest BCUT2D eigenvalue weighted by molar-refractivity contribution is 0.0504. The number of piperidine rings is 3. The fourth-order valence-corrected chi connectivity index (χ4v) is 5.57. The molecular formula is C21H21ClN4O2S. The van der Waals surface area contributed by atoms with Crippen molar-refractivity contribution in [1.82, 2.24) is 19.9 Å². The van der Waals surface area contributed by atoms with Crippen LogP contribution in [-0.4, -0.2) is 52.6 Å². The molecule has 1 unspecified atom stereocenters. The number of hydrogen-bond acceptors (Lipinski definition) is 6. The Balaban J connectivity index is 1.38. The molecule has 0 radical (unpaired) electrons. The summed E-state index contributed by atoms with van der Waals surface area (Å²) in [6, 6.07) is 9.93. The molecular weight excluding hydrogens is 408 g/mol. The normalized spacial score (nSPS) is 23.3. The number of esters is 1. The van der Waals surface area contributed by atoms with Crippen LogP contribution in [0.4, 0.5) is 0 Å². The Hall–Kier alpha value is -2.22. The lowest BCUT2D eigenvalue weighted by atomic mass is 9.84. The minimum Gasteiger partial charge on any atom is -0.465 e. The molecule has 150 valence electrons. The number of aromatic nitrogens is 3. The number of thiophene rings is 1. The number of methoxy groups -OCH3 is 1. The van der Waals surface area contributed by atoms with Crippen molar-refractivity contribution >= 4 is 28.9 Å². The van der Waals surface area contributed by atoms with Gasteiger partial charge in [0.15, 0.2) is 0 Å². The average Bonchev–Trinajstić information content (AvgIpc) is 3.44. The van der Waals surface area contributed by atoms with Crippen molar-refractivity contribution in [3.05, 3.63) is 47.1 Å². The van der Waals surface area contributed by atoms with Crippen molar-refractivity contribution in [2.45, 2.75) is 18.9 Å². The molecule has 0 spiro atoms. The maximum absolute atomic E-state index is 11.7. The van der Waals surface area contributed by atoms with E-state index in [2.05, 4.69) is 38.2 Å². The van der Waals surface area contributed by atoms with Gasteiger partial charge in [0.05, 0.1) is 34.8 Å². The monoisotopic (exact) mass is 428 g/mol. The van der Waals surface area contributed by atoms with E-state index in [1.54, 1.807) is 23.5 Å². The molecule has 0 amide bonds. The second-order valence-corrected chi connectivity index (χ2v) is 9.13. The van der Waals surface area contributed by atoms with Crippen LogP contribution in [0.2, 0.25) is 5.02 Å². The Labute approximate surface area is 178 Å². The van der Waals surface area contributed by atoms with Crippen LogP contribution in [0.15, 0.2) is 36.5 Å². The van der Waals surface area contributed by atoms with E-state index < -0.39 is 5.97 Å². The molecule has 3 aromatic rings. The number of nitrogens with zero attached hydrogens (tertiary/aromatic N) is 4. The maximum atomic E-state index is 11.7. The fraction of sp³-hybridized carbons (Fsp3) is 0.381. The molecule has 2 bridgehead atoms. The molecule has 3 aliphatic rings. The summed E-state index contributed by atoms with van der Waals surface area (Å²) in [4.78, 5) is 16.4. The highest BCUT2D eigenvalue weighted by Crippen LogP contribution is 2.38. The SMILES string of the molecule is COC(=O)c1ccc(-c2ccc(-c3cn(C4CN5CCC4CC5)nn3)s2)cc1Cl. The van der Waals surface area contributed by atoms with Crippen LogP contribution < -0.4 is 0 Å². The van der Waals surface area contributed by atoms with Crippen LogP contribution in [0.5, 0.6) is 0 Å². The second kappa shape index (κ2) is 7.55. The molecule has 5 heterocycles. The predicted molar refractivity (Wildman–Crippen MR) is 113 cm³/mol. The van der Waals surface area contributed by atoms with Crippen molar-refractivity contribution < 1.29 is 9.53 Å². The van der Waals surface area contributed by atoms with Gasteiger partial charge in [-0.3, -0.25) is 0 Å². The Bertz CT molecular complexity index is 1050. The number of hydrogen-bond donors (Lipinski definition) is 0. The summed E-state index contributed by atoms with van der Waals surface area (Å²) in [6.07, 6.45) is 4.59. The van der Waals surface area contributed by atoms with Gasteiger partial charge in [-0.05, 0) is 61.7 Å². The van der Waals surface area contributed by atoms with Gasteiger partial charge in [-0.15, -0.1) is 16.4 Å². The number of ether oxygens (including phenoxy) is 1. The number of rotatable bonds is 4. The Morgan fingerprint density at radius 2 is 2.00 bits per heavy atom. The molecule has 8 heteroatoms.